The van der Waals surface area contributed by atoms with Crippen LogP contribution in [-0.2, 0) is 6.54 Å². The normalized spacial score (nSPS) is 22.8. The van der Waals surface area contributed by atoms with E-state index in [1.54, 1.807) is 17.1 Å². The lowest BCUT2D eigenvalue weighted by molar-refractivity contribution is 0.100. The summed E-state index contributed by atoms with van der Waals surface area (Å²) in [5.41, 5.74) is 6.61. The smallest absolute Gasteiger partial charge is 0.0862 e. The Morgan fingerprint density at radius 1 is 1.47 bits per heavy atom. The molecule has 0 amide bonds. The van der Waals surface area contributed by atoms with Crippen LogP contribution in [0.3, 0.4) is 0 Å². The molecule has 5 heteroatoms. The van der Waals surface area contributed by atoms with Gasteiger partial charge >= 0.3 is 0 Å². The van der Waals surface area contributed by atoms with Crippen molar-refractivity contribution in [1.82, 2.24) is 14.7 Å². The monoisotopic (exact) mass is 266 g/mol. The Labute approximate surface area is 115 Å². The Bertz CT molecular complexity index is 410. The quantitative estimate of drug-likeness (QED) is 0.859. The summed E-state index contributed by atoms with van der Waals surface area (Å²) in [6.07, 6.45) is 4.20. The first-order valence-corrected chi connectivity index (χ1v) is 7.03. The highest BCUT2D eigenvalue weighted by molar-refractivity contribution is 5.30. The van der Waals surface area contributed by atoms with Crippen LogP contribution in [0.1, 0.15) is 27.2 Å². The fourth-order valence-corrected chi connectivity index (χ4v) is 2.76. The zero-order chi connectivity index (χ0) is 14.0. The molecule has 19 heavy (non-hydrogen) atoms. The summed E-state index contributed by atoms with van der Waals surface area (Å²) in [5.74, 6) is 0.722. The van der Waals surface area contributed by atoms with Gasteiger partial charge in [0.25, 0.3) is 0 Å². The van der Waals surface area contributed by atoms with E-state index in [1.807, 2.05) is 0 Å². The molecule has 1 aromatic rings. The van der Waals surface area contributed by atoms with Crippen molar-refractivity contribution in [3.8, 4) is 0 Å². The first-order valence-electron chi connectivity index (χ1n) is 7.03. The van der Waals surface area contributed by atoms with E-state index in [4.69, 9.17) is 5.73 Å². The fraction of sp³-hybridized carbons (Fsp3) is 0.786. The van der Waals surface area contributed by atoms with Crippen molar-refractivity contribution in [2.75, 3.05) is 25.4 Å². The number of hydrogen-bond donors (Lipinski definition) is 2. The first-order chi connectivity index (χ1) is 8.84. The molecule has 1 aliphatic rings. The van der Waals surface area contributed by atoms with Gasteiger partial charge in [-0.15, -0.1) is 0 Å². The number of nitrogen functional groups attached to an aromatic ring is 1. The molecule has 1 saturated heterocycles. The van der Waals surface area contributed by atoms with Gasteiger partial charge in [0.1, 0.15) is 0 Å². The molecule has 0 spiro atoms. The maximum atomic E-state index is 10.1. The van der Waals surface area contributed by atoms with Gasteiger partial charge in [0.2, 0.25) is 0 Å². The molecule has 2 rings (SSSR count). The molecule has 2 atom stereocenters. The standard InChI is InChI=1S/C14H26N4O/c1-14(2,3)11-4-5-17(7-11)9-13(19)10-18-8-12(15)6-16-18/h6,8,11,13,19H,4-5,7,9-10,15H2,1-3H3. The van der Waals surface area contributed by atoms with Gasteiger partial charge in [0.15, 0.2) is 0 Å². The number of nitrogens with two attached hydrogens (primary N) is 1. The van der Waals surface area contributed by atoms with Crippen molar-refractivity contribution >= 4 is 5.69 Å². The molecular formula is C14H26N4O. The van der Waals surface area contributed by atoms with Crippen LogP contribution >= 0.6 is 0 Å². The molecule has 1 aromatic heterocycles. The zero-order valence-electron chi connectivity index (χ0n) is 12.2. The van der Waals surface area contributed by atoms with Crippen molar-refractivity contribution in [1.29, 1.82) is 0 Å². The van der Waals surface area contributed by atoms with Gasteiger partial charge in [-0.2, -0.15) is 5.10 Å². The minimum Gasteiger partial charge on any atom is -0.396 e. The lowest BCUT2D eigenvalue weighted by atomic mass is 9.80. The number of aliphatic hydroxyl groups excluding tert-OH is 1. The molecule has 0 bridgehead atoms. The van der Waals surface area contributed by atoms with Crippen molar-refractivity contribution in [3.05, 3.63) is 12.4 Å². The van der Waals surface area contributed by atoms with Crippen LogP contribution < -0.4 is 5.73 Å². The number of nitrogens with zero attached hydrogens (tertiary/aromatic N) is 3. The molecular weight excluding hydrogens is 240 g/mol. The van der Waals surface area contributed by atoms with Gasteiger partial charge in [-0.3, -0.25) is 4.68 Å². The molecule has 2 heterocycles. The molecule has 5 nitrogen and oxygen atoms in total. The third-order valence-corrected chi connectivity index (χ3v) is 4.02. The molecule has 3 N–H and O–H groups in total. The number of likely N-dealkylation sites (tertiary alicyclic amines) is 1. The van der Waals surface area contributed by atoms with Crippen LogP contribution in [0.2, 0.25) is 0 Å². The summed E-state index contributed by atoms with van der Waals surface area (Å²) >= 11 is 0. The number of β-amino-alcohol motifs (C(OH)–C–C–N with tert-alkyl or cyclic N) is 1. The van der Waals surface area contributed by atoms with E-state index in [1.165, 1.54) is 6.42 Å². The molecule has 0 saturated carbocycles. The highest BCUT2D eigenvalue weighted by Gasteiger charge is 2.32. The van der Waals surface area contributed by atoms with Gasteiger partial charge in [0, 0.05) is 19.3 Å². The summed E-state index contributed by atoms with van der Waals surface area (Å²) < 4.78 is 1.71. The van der Waals surface area contributed by atoms with E-state index in [9.17, 15) is 5.11 Å². The number of rotatable bonds is 4. The average Bonchev–Trinajstić information content (AvgIpc) is 2.87. The van der Waals surface area contributed by atoms with E-state index >= 15 is 0 Å². The predicted molar refractivity (Wildman–Crippen MR) is 76.6 cm³/mol. The van der Waals surface area contributed by atoms with E-state index in [2.05, 4.69) is 30.8 Å². The molecule has 1 fully saturated rings. The van der Waals surface area contributed by atoms with Crippen LogP contribution in [-0.4, -0.2) is 45.5 Å². The lowest BCUT2D eigenvalue weighted by Gasteiger charge is -2.27. The van der Waals surface area contributed by atoms with Gasteiger partial charge in [-0.05, 0) is 24.3 Å². The Kier molecular flexibility index (Phi) is 4.16. The fourth-order valence-electron chi connectivity index (χ4n) is 2.76. The summed E-state index contributed by atoms with van der Waals surface area (Å²) in [7, 11) is 0. The van der Waals surface area contributed by atoms with Crippen molar-refractivity contribution < 1.29 is 5.11 Å². The highest BCUT2D eigenvalue weighted by atomic mass is 16.3. The third-order valence-electron chi connectivity index (χ3n) is 4.02. The summed E-state index contributed by atoms with van der Waals surface area (Å²) in [6, 6.07) is 0. The van der Waals surface area contributed by atoms with Crippen LogP contribution in [0.15, 0.2) is 12.4 Å². The van der Waals surface area contributed by atoms with Crippen molar-refractivity contribution in [2.45, 2.75) is 39.8 Å². The lowest BCUT2D eigenvalue weighted by Crippen LogP contribution is -2.34. The summed E-state index contributed by atoms with van der Waals surface area (Å²) in [5, 5.41) is 14.2. The van der Waals surface area contributed by atoms with E-state index in [0.717, 1.165) is 19.0 Å². The second-order valence-electron chi connectivity index (χ2n) is 6.76. The Morgan fingerprint density at radius 3 is 2.74 bits per heavy atom. The number of anilines is 1. The summed E-state index contributed by atoms with van der Waals surface area (Å²) in [6.45, 7) is 10.3. The van der Waals surface area contributed by atoms with Crippen LogP contribution in [0.5, 0.6) is 0 Å². The summed E-state index contributed by atoms with van der Waals surface area (Å²) in [4.78, 5) is 2.35. The molecule has 0 radical (unpaired) electrons. The predicted octanol–water partition coefficient (Wildman–Crippen LogP) is 1.19. The Balaban J connectivity index is 1.79. The zero-order valence-corrected chi connectivity index (χ0v) is 12.2. The largest absolute Gasteiger partial charge is 0.396 e. The second kappa shape index (κ2) is 5.51. The number of aliphatic hydroxyl groups is 1. The van der Waals surface area contributed by atoms with Gasteiger partial charge < -0.3 is 15.7 Å². The first kappa shape index (κ1) is 14.3. The van der Waals surface area contributed by atoms with Crippen LogP contribution in [0.25, 0.3) is 0 Å². The molecule has 2 unspecified atom stereocenters. The Morgan fingerprint density at radius 2 is 2.21 bits per heavy atom. The number of aromatic nitrogens is 2. The van der Waals surface area contributed by atoms with Crippen molar-refractivity contribution in [2.24, 2.45) is 11.3 Å². The van der Waals surface area contributed by atoms with Crippen LogP contribution in [0, 0.1) is 11.3 Å². The van der Waals surface area contributed by atoms with Gasteiger partial charge in [0.05, 0.1) is 24.5 Å². The van der Waals surface area contributed by atoms with Crippen LogP contribution in [0.4, 0.5) is 5.69 Å². The number of hydrogen-bond acceptors (Lipinski definition) is 4. The molecule has 0 aliphatic carbocycles. The maximum Gasteiger partial charge on any atom is 0.0862 e. The average molecular weight is 266 g/mol. The third kappa shape index (κ3) is 3.94. The molecule has 1 aliphatic heterocycles. The molecule has 0 aromatic carbocycles. The van der Waals surface area contributed by atoms with Gasteiger partial charge in [-0.1, -0.05) is 20.8 Å². The Hall–Kier alpha value is -1.07. The SMILES string of the molecule is CC(C)(C)C1CCN(CC(O)Cn2cc(N)cn2)C1. The minimum absolute atomic E-state index is 0.357. The van der Waals surface area contributed by atoms with E-state index < -0.39 is 6.10 Å². The maximum absolute atomic E-state index is 10.1. The highest BCUT2D eigenvalue weighted by Crippen LogP contribution is 2.33. The van der Waals surface area contributed by atoms with Crippen molar-refractivity contribution in [3.63, 3.8) is 0 Å². The topological polar surface area (TPSA) is 67.3 Å². The minimum atomic E-state index is -0.391. The second-order valence-corrected chi connectivity index (χ2v) is 6.76. The molecule has 108 valence electrons. The van der Waals surface area contributed by atoms with E-state index in [0.29, 0.717) is 24.2 Å². The van der Waals surface area contributed by atoms with Gasteiger partial charge in [-0.25, -0.2) is 0 Å². The van der Waals surface area contributed by atoms with E-state index in [-0.39, 0.29) is 0 Å².